The first-order chi connectivity index (χ1) is 19.8. The zero-order chi connectivity index (χ0) is 30.2. The van der Waals surface area contributed by atoms with Crippen LogP contribution in [0.3, 0.4) is 0 Å². The molecule has 2 aromatic heterocycles. The van der Waals surface area contributed by atoms with Gasteiger partial charge in [-0.3, -0.25) is 4.68 Å². The molecule has 2 aliphatic rings. The molecule has 0 aliphatic heterocycles. The van der Waals surface area contributed by atoms with E-state index in [-0.39, 0.29) is 29.1 Å². The van der Waals surface area contributed by atoms with E-state index in [1.165, 1.54) is 0 Å². The SMILES string of the molecule is Cc1nc([C@H]2CC[C@H](NC(=O)OC(C)C)CC2)sc1-c1ccc(Nc2ccn(C3CC3)n2)cc1S(=O)(=O)NC(C)(C)C. The van der Waals surface area contributed by atoms with Crippen molar-refractivity contribution >= 4 is 39.0 Å². The summed E-state index contributed by atoms with van der Waals surface area (Å²) in [6, 6.07) is 7.90. The Morgan fingerprint density at radius 1 is 1.10 bits per heavy atom. The monoisotopic (exact) mass is 614 g/mol. The van der Waals surface area contributed by atoms with E-state index in [0.717, 1.165) is 54.1 Å². The second kappa shape index (κ2) is 12.0. The van der Waals surface area contributed by atoms with Gasteiger partial charge < -0.3 is 15.4 Å². The molecular formula is C30H42N6O4S2. The minimum Gasteiger partial charge on any atom is -0.447 e. The molecule has 0 bridgehead atoms. The highest BCUT2D eigenvalue weighted by atomic mass is 32.2. The first-order valence-electron chi connectivity index (χ1n) is 14.7. The zero-order valence-corrected chi connectivity index (χ0v) is 26.9. The summed E-state index contributed by atoms with van der Waals surface area (Å²) >= 11 is 1.56. The van der Waals surface area contributed by atoms with Crippen molar-refractivity contribution in [2.75, 3.05) is 5.32 Å². The molecule has 2 fully saturated rings. The lowest BCUT2D eigenvalue weighted by Crippen LogP contribution is -2.40. The normalized spacial score (nSPS) is 19.6. The number of nitrogens with zero attached hydrogens (tertiary/aromatic N) is 3. The van der Waals surface area contributed by atoms with Gasteiger partial charge in [-0.25, -0.2) is 22.9 Å². The van der Waals surface area contributed by atoms with Crippen molar-refractivity contribution in [2.45, 2.75) is 115 Å². The molecule has 228 valence electrons. The molecule has 10 nitrogen and oxygen atoms in total. The van der Waals surface area contributed by atoms with Crippen LogP contribution in [0.25, 0.3) is 10.4 Å². The number of carbonyl (C=O) groups excluding carboxylic acids is 1. The largest absolute Gasteiger partial charge is 0.447 e. The summed E-state index contributed by atoms with van der Waals surface area (Å²) in [5, 5.41) is 11.9. The van der Waals surface area contributed by atoms with Gasteiger partial charge in [-0.15, -0.1) is 11.3 Å². The second-order valence-corrected chi connectivity index (χ2v) is 15.4. The fraction of sp³-hybridized carbons (Fsp3) is 0.567. The number of rotatable bonds is 9. The lowest BCUT2D eigenvalue weighted by molar-refractivity contribution is 0.109. The number of anilines is 2. The molecular weight excluding hydrogens is 573 g/mol. The molecule has 0 atom stereocenters. The van der Waals surface area contributed by atoms with E-state index in [2.05, 4.69) is 20.5 Å². The van der Waals surface area contributed by atoms with Crippen molar-refractivity contribution in [3.63, 3.8) is 0 Å². The number of sulfonamides is 1. The molecule has 1 amide bonds. The van der Waals surface area contributed by atoms with Crippen LogP contribution in [0, 0.1) is 6.92 Å². The fourth-order valence-electron chi connectivity index (χ4n) is 5.30. The lowest BCUT2D eigenvalue weighted by atomic mass is 9.86. The van der Waals surface area contributed by atoms with Gasteiger partial charge in [0.1, 0.15) is 0 Å². The van der Waals surface area contributed by atoms with Crippen LogP contribution in [0.15, 0.2) is 35.4 Å². The lowest BCUT2D eigenvalue weighted by Gasteiger charge is -2.28. The van der Waals surface area contributed by atoms with Gasteiger partial charge in [0.15, 0.2) is 5.82 Å². The summed E-state index contributed by atoms with van der Waals surface area (Å²) in [5.41, 5.74) is 1.45. The molecule has 0 unspecified atom stereocenters. The van der Waals surface area contributed by atoms with Crippen molar-refractivity contribution in [3.05, 3.63) is 41.2 Å². The van der Waals surface area contributed by atoms with E-state index in [9.17, 15) is 13.2 Å². The van der Waals surface area contributed by atoms with Gasteiger partial charge in [-0.05, 0) is 92.2 Å². The van der Waals surface area contributed by atoms with E-state index in [4.69, 9.17) is 9.72 Å². The molecule has 2 aliphatic carbocycles. The summed E-state index contributed by atoms with van der Waals surface area (Å²) in [6.45, 7) is 11.1. The van der Waals surface area contributed by atoms with E-state index < -0.39 is 15.6 Å². The summed E-state index contributed by atoms with van der Waals surface area (Å²) in [6.07, 6.45) is 7.19. The number of hydrogen-bond donors (Lipinski definition) is 3. The Labute approximate surface area is 252 Å². The molecule has 12 heteroatoms. The van der Waals surface area contributed by atoms with E-state index >= 15 is 0 Å². The van der Waals surface area contributed by atoms with Crippen LogP contribution < -0.4 is 15.4 Å². The molecule has 2 saturated carbocycles. The van der Waals surface area contributed by atoms with Crippen LogP contribution in [0.5, 0.6) is 0 Å². The maximum atomic E-state index is 13.7. The predicted octanol–water partition coefficient (Wildman–Crippen LogP) is 6.63. The van der Waals surface area contributed by atoms with Crippen molar-refractivity contribution in [3.8, 4) is 10.4 Å². The van der Waals surface area contributed by atoms with Crippen molar-refractivity contribution in [1.29, 1.82) is 0 Å². The number of hydrogen-bond acceptors (Lipinski definition) is 8. The number of alkyl carbamates (subject to hydrolysis) is 1. The van der Waals surface area contributed by atoms with Crippen LogP contribution >= 0.6 is 11.3 Å². The molecule has 42 heavy (non-hydrogen) atoms. The van der Waals surface area contributed by atoms with Gasteiger partial charge in [0.2, 0.25) is 10.0 Å². The highest BCUT2D eigenvalue weighted by Gasteiger charge is 2.30. The van der Waals surface area contributed by atoms with Crippen LogP contribution in [0.4, 0.5) is 16.3 Å². The molecule has 1 aromatic carbocycles. The predicted molar refractivity (Wildman–Crippen MR) is 166 cm³/mol. The number of thiazole rings is 1. The Bertz CT molecular complexity index is 1530. The third-order valence-corrected chi connectivity index (χ3v) is 10.5. The Morgan fingerprint density at radius 2 is 1.81 bits per heavy atom. The summed E-state index contributed by atoms with van der Waals surface area (Å²) < 4.78 is 37.5. The topological polar surface area (TPSA) is 127 Å². The first kappa shape index (κ1) is 30.5. The summed E-state index contributed by atoms with van der Waals surface area (Å²) in [4.78, 5) is 18.0. The Morgan fingerprint density at radius 3 is 2.45 bits per heavy atom. The average Bonchev–Trinajstić information content (AvgIpc) is 3.51. The summed E-state index contributed by atoms with van der Waals surface area (Å²) in [7, 11) is -3.86. The molecule has 3 N–H and O–H groups in total. The Balaban J connectivity index is 1.39. The second-order valence-electron chi connectivity index (χ2n) is 12.7. The number of carbonyl (C=O) groups is 1. The molecule has 0 saturated heterocycles. The van der Waals surface area contributed by atoms with Crippen molar-refractivity contribution in [1.82, 2.24) is 24.8 Å². The highest BCUT2D eigenvalue weighted by molar-refractivity contribution is 7.89. The van der Waals surface area contributed by atoms with Crippen LogP contribution in [-0.4, -0.2) is 47.0 Å². The minimum atomic E-state index is -3.86. The Hall–Kier alpha value is -2.96. The number of aryl methyl sites for hydroxylation is 1. The maximum absolute atomic E-state index is 13.7. The quantitative estimate of drug-likeness (QED) is 0.247. The van der Waals surface area contributed by atoms with Gasteiger partial charge >= 0.3 is 6.09 Å². The number of amides is 1. The van der Waals surface area contributed by atoms with Crippen molar-refractivity contribution in [2.24, 2.45) is 0 Å². The Kier molecular flexibility index (Phi) is 8.69. The number of nitrogens with one attached hydrogen (secondary N) is 3. The van der Waals surface area contributed by atoms with E-state index in [1.54, 1.807) is 17.4 Å². The molecule has 0 spiro atoms. The third kappa shape index (κ3) is 7.51. The number of ether oxygens (including phenoxy) is 1. The van der Waals surface area contributed by atoms with Gasteiger partial charge in [0, 0.05) is 41.0 Å². The molecule has 2 heterocycles. The first-order valence-corrected chi connectivity index (χ1v) is 17.0. The van der Waals surface area contributed by atoms with Crippen LogP contribution in [0.1, 0.15) is 95.8 Å². The smallest absolute Gasteiger partial charge is 0.407 e. The van der Waals surface area contributed by atoms with Crippen molar-refractivity contribution < 1.29 is 17.9 Å². The fourth-order valence-corrected chi connectivity index (χ4v) is 8.30. The maximum Gasteiger partial charge on any atom is 0.407 e. The van der Waals surface area contributed by atoms with E-state index in [0.29, 0.717) is 23.1 Å². The van der Waals surface area contributed by atoms with Gasteiger partial charge in [-0.2, -0.15) is 5.10 Å². The highest BCUT2D eigenvalue weighted by Crippen LogP contribution is 2.42. The molecule has 5 rings (SSSR count). The standard InChI is InChI=1S/C30H42N6O4S2/c1-18(2)40-29(37)33-21-9-7-20(8-10-21)28-31-19(3)27(41-28)24-14-11-22(17-25(24)42(38,39)35-30(4,5)6)32-26-15-16-36(34-26)23-12-13-23/h11,14-18,20-21,23,35H,7-10,12-13H2,1-6H3,(H,32,34)(H,33,37)/t20-,21-. The average molecular weight is 615 g/mol. The summed E-state index contributed by atoms with van der Waals surface area (Å²) in [5.74, 6) is 0.942. The van der Waals surface area contributed by atoms with Gasteiger partial charge in [0.25, 0.3) is 0 Å². The molecule has 0 radical (unpaired) electrons. The number of aromatic nitrogens is 3. The van der Waals surface area contributed by atoms with Crippen LogP contribution in [0.2, 0.25) is 0 Å². The van der Waals surface area contributed by atoms with Crippen LogP contribution in [-0.2, 0) is 14.8 Å². The van der Waals surface area contributed by atoms with Gasteiger partial charge in [-0.1, -0.05) is 6.07 Å². The number of benzene rings is 1. The third-order valence-electron chi connectivity index (χ3n) is 7.31. The van der Waals surface area contributed by atoms with Gasteiger partial charge in [0.05, 0.1) is 32.6 Å². The minimum absolute atomic E-state index is 0.0870. The molecule has 3 aromatic rings. The zero-order valence-electron chi connectivity index (χ0n) is 25.2. The van der Waals surface area contributed by atoms with E-state index in [1.807, 2.05) is 70.6 Å².